The maximum absolute atomic E-state index is 14.0. The Kier molecular flexibility index (Phi) is 26.7. The number of carbonyl (C=O) groups excluding carboxylic acids is 3. The molecule has 3 N–H and O–H groups in total. The third-order valence-electron chi connectivity index (χ3n) is 13.0. The highest BCUT2D eigenvalue weighted by Gasteiger charge is 2.29. The van der Waals surface area contributed by atoms with Crippen molar-refractivity contribution in [1.82, 2.24) is 25.6 Å². The lowest BCUT2D eigenvalue weighted by Crippen LogP contribution is -2.33. The second kappa shape index (κ2) is 34.7. The number of fused-ring (bicyclic) bond motifs is 6. The van der Waals surface area contributed by atoms with Gasteiger partial charge in [-0.15, -0.1) is 5.10 Å². The minimum absolute atomic E-state index is 0.0317. The van der Waals surface area contributed by atoms with Gasteiger partial charge in [0.15, 0.2) is 16.8 Å². The van der Waals surface area contributed by atoms with Crippen LogP contribution in [0.2, 0.25) is 0 Å². The van der Waals surface area contributed by atoms with Gasteiger partial charge in [0.05, 0.1) is 109 Å². The Bertz CT molecular complexity index is 3210. The van der Waals surface area contributed by atoms with Crippen LogP contribution in [0.1, 0.15) is 61.4 Å². The number of aromatic nitrogens is 3. The second-order valence-corrected chi connectivity index (χ2v) is 21.8. The normalized spacial score (nSPS) is 12.5. The van der Waals surface area contributed by atoms with Gasteiger partial charge < -0.3 is 67.0 Å². The van der Waals surface area contributed by atoms with Crippen LogP contribution in [0, 0.1) is 0 Å². The molecule has 0 saturated carbocycles. The molecule has 1 aliphatic rings. The van der Waals surface area contributed by atoms with Crippen LogP contribution in [0.3, 0.4) is 0 Å². The molecule has 1 aliphatic heterocycles. The van der Waals surface area contributed by atoms with Gasteiger partial charge in [-0.2, -0.15) is 0 Å². The zero-order valence-electron chi connectivity index (χ0n) is 47.5. The molecule has 0 aliphatic carbocycles. The molecule has 3 amide bonds. The molecule has 21 nitrogen and oxygen atoms in total. The Balaban J connectivity index is 0.737. The number of unbranched alkanes of at least 4 members (excludes halogenated alkanes) is 3. The highest BCUT2D eigenvalue weighted by molar-refractivity contribution is 8.07. The number of carbonyl (C=O) groups is 3. The molecule has 0 fully saturated rings. The average molecular weight is 1200 g/mol. The monoisotopic (exact) mass is 1190 g/mol. The van der Waals surface area contributed by atoms with Crippen LogP contribution in [0.4, 0.5) is 5.69 Å². The van der Waals surface area contributed by atoms with E-state index in [1.165, 1.54) is 6.07 Å². The Morgan fingerprint density at radius 2 is 1.38 bits per heavy atom. The number of para-hydroxylation sites is 1. The zero-order valence-corrected chi connectivity index (χ0v) is 49.2. The number of hydrogen-bond donors (Lipinski definition) is 3. The number of benzene rings is 4. The largest absolute Gasteiger partial charge is 0.486 e. The number of amides is 3. The van der Waals surface area contributed by atoms with Crippen molar-refractivity contribution in [2.24, 2.45) is 0 Å². The van der Waals surface area contributed by atoms with E-state index < -0.39 is 6.72 Å². The number of nitrogens with one attached hydrogen (secondary N) is 2. The fourth-order valence-corrected chi connectivity index (χ4v) is 10.2. The number of hydrogen-bond acceptors (Lipinski definition) is 17. The third-order valence-corrected chi connectivity index (χ3v) is 14.7. The standard InChI is InChI=1S/C61H75N6O15PS/c1-4-30-78-53-24-23-50-52(68)43-54(82-59(50)60(53)79-31-5-2)45-19-21-46(22-20-45)61(71)63-28-33-73-35-37-75-39-41-77-42-40-76-38-36-74-34-29-67-58-49-17-11-12-18-51(49)66(44-47-15-9-10-16-48(47)57(58)64-65-67)56(70)26-25-55(69)62-27-13-7-8-14-32-81-83(72,84)80-6-3/h4-5,9-12,15-24,43H,1-2,6-8,13-14,25-42,44H2,3H3,(H,62,69)(H,63,71)(H,72,84). The molecule has 23 heteroatoms. The Hall–Kier alpha value is -6.95. The van der Waals surface area contributed by atoms with Crippen LogP contribution in [-0.2, 0) is 67.2 Å². The molecule has 1 atom stereocenters. The SMILES string of the molecule is C=CCOc1ccc2c(=O)cc(-c3ccc(C(=O)NCCOCCOCCOCCOCCOCCn4nnc5c4-c4ccccc4N(C(=O)CCC(=O)NCCCCCCOP(O)(=S)OCC)Cc4ccccc4-5)cc3)oc2c1OCC=C. The first kappa shape index (κ1) is 64.6. The number of rotatable bonds is 39. The fraction of sp³-hybridized carbons (Fsp3) is 0.410. The van der Waals surface area contributed by atoms with Crippen molar-refractivity contribution in [1.29, 1.82) is 0 Å². The molecular formula is C61H75N6O15PS. The van der Waals surface area contributed by atoms with Gasteiger partial charge in [0.1, 0.15) is 24.7 Å². The summed E-state index contributed by atoms with van der Waals surface area (Å²) in [7, 11) is 0. The molecule has 4 aromatic carbocycles. The Labute approximate surface area is 494 Å². The number of nitrogens with zero attached hydrogens (tertiary/aromatic N) is 4. The van der Waals surface area contributed by atoms with E-state index in [1.807, 2.05) is 48.5 Å². The fourth-order valence-electron chi connectivity index (χ4n) is 8.94. The van der Waals surface area contributed by atoms with Crippen LogP contribution in [0.5, 0.6) is 11.5 Å². The highest BCUT2D eigenvalue weighted by atomic mass is 32.5. The summed E-state index contributed by atoms with van der Waals surface area (Å²) in [5.41, 5.74) is 5.77. The van der Waals surface area contributed by atoms with Crippen LogP contribution >= 0.6 is 6.72 Å². The quantitative estimate of drug-likeness (QED) is 0.0186. The molecule has 7 rings (SSSR count). The van der Waals surface area contributed by atoms with Gasteiger partial charge in [-0.3, -0.25) is 19.2 Å². The van der Waals surface area contributed by atoms with E-state index in [-0.39, 0.29) is 60.5 Å². The molecule has 450 valence electrons. The molecule has 1 unspecified atom stereocenters. The lowest BCUT2D eigenvalue weighted by Gasteiger charge is -2.28. The zero-order chi connectivity index (χ0) is 59.4. The molecule has 0 saturated heterocycles. The van der Waals surface area contributed by atoms with Gasteiger partial charge in [0.25, 0.3) is 5.91 Å². The molecule has 0 bridgehead atoms. The van der Waals surface area contributed by atoms with Gasteiger partial charge in [-0.25, -0.2) is 4.68 Å². The minimum Gasteiger partial charge on any atom is -0.486 e. The minimum atomic E-state index is -3.16. The van der Waals surface area contributed by atoms with Gasteiger partial charge in [-0.05, 0) is 67.5 Å². The lowest BCUT2D eigenvalue weighted by atomic mass is 9.95. The molecule has 2 aromatic heterocycles. The van der Waals surface area contributed by atoms with Gasteiger partial charge in [0.2, 0.25) is 17.6 Å². The number of ether oxygens (including phenoxy) is 7. The first-order valence-electron chi connectivity index (χ1n) is 28.2. The first-order valence-corrected chi connectivity index (χ1v) is 30.8. The summed E-state index contributed by atoms with van der Waals surface area (Å²) in [5.74, 6) is 0.356. The Morgan fingerprint density at radius 1 is 0.726 bits per heavy atom. The summed E-state index contributed by atoms with van der Waals surface area (Å²) in [6, 6.07) is 26.9. The predicted octanol–water partition coefficient (Wildman–Crippen LogP) is 8.60. The summed E-state index contributed by atoms with van der Waals surface area (Å²) in [5, 5.41) is 15.3. The van der Waals surface area contributed by atoms with Crippen LogP contribution in [0.25, 0.3) is 44.8 Å². The molecule has 0 radical (unpaired) electrons. The smallest absolute Gasteiger partial charge is 0.324 e. The molecule has 0 spiro atoms. The molecule has 84 heavy (non-hydrogen) atoms. The van der Waals surface area contributed by atoms with E-state index in [4.69, 9.17) is 58.4 Å². The van der Waals surface area contributed by atoms with E-state index in [0.717, 1.165) is 48.1 Å². The predicted molar refractivity (Wildman–Crippen MR) is 323 cm³/mol. The maximum Gasteiger partial charge on any atom is 0.324 e. The van der Waals surface area contributed by atoms with Crippen molar-refractivity contribution in [2.75, 3.05) is 110 Å². The summed E-state index contributed by atoms with van der Waals surface area (Å²) in [6.07, 6.45) is 6.48. The molecule has 3 heterocycles. The van der Waals surface area contributed by atoms with E-state index in [2.05, 4.69) is 34.1 Å². The molecular weight excluding hydrogens is 1120 g/mol. The second-order valence-electron chi connectivity index (χ2n) is 19.0. The van der Waals surface area contributed by atoms with Gasteiger partial charge >= 0.3 is 6.72 Å². The summed E-state index contributed by atoms with van der Waals surface area (Å²) >= 11 is 4.93. The van der Waals surface area contributed by atoms with Crippen molar-refractivity contribution >= 4 is 52.9 Å². The van der Waals surface area contributed by atoms with Crippen molar-refractivity contribution in [3.8, 4) is 45.3 Å². The number of anilines is 1. The van der Waals surface area contributed by atoms with E-state index >= 15 is 0 Å². The van der Waals surface area contributed by atoms with Crippen molar-refractivity contribution < 1.29 is 65.9 Å². The lowest BCUT2D eigenvalue weighted by molar-refractivity contribution is -0.125. The topological polar surface area (TPSA) is 243 Å². The highest BCUT2D eigenvalue weighted by Crippen LogP contribution is 2.44. The van der Waals surface area contributed by atoms with Crippen LogP contribution in [0.15, 0.2) is 126 Å². The molecule has 6 aromatic rings. The van der Waals surface area contributed by atoms with Crippen molar-refractivity contribution in [3.63, 3.8) is 0 Å². The van der Waals surface area contributed by atoms with Gasteiger partial charge in [0, 0.05) is 54.3 Å². The van der Waals surface area contributed by atoms with Crippen molar-refractivity contribution in [2.45, 2.75) is 58.5 Å². The van der Waals surface area contributed by atoms with E-state index in [0.29, 0.717) is 145 Å². The van der Waals surface area contributed by atoms with E-state index in [9.17, 15) is 24.1 Å². The first-order chi connectivity index (χ1) is 41.0. The Morgan fingerprint density at radius 3 is 2.10 bits per heavy atom. The van der Waals surface area contributed by atoms with Crippen LogP contribution in [-0.4, -0.2) is 143 Å². The summed E-state index contributed by atoms with van der Waals surface area (Å²) in [4.78, 5) is 64.5. The maximum atomic E-state index is 14.0. The van der Waals surface area contributed by atoms with Gasteiger partial charge in [-0.1, -0.05) is 98.0 Å². The third kappa shape index (κ3) is 19.6. The summed E-state index contributed by atoms with van der Waals surface area (Å²) in [6.45, 7) is 12.1. The average Bonchev–Trinajstić information content (AvgIpc) is 1.83. The summed E-state index contributed by atoms with van der Waals surface area (Å²) < 4.78 is 58.5. The van der Waals surface area contributed by atoms with Crippen molar-refractivity contribution in [3.05, 3.63) is 138 Å². The van der Waals surface area contributed by atoms with E-state index in [1.54, 1.807) is 65.1 Å². The van der Waals surface area contributed by atoms with Crippen LogP contribution < -0.4 is 30.4 Å².